The molecule has 0 fully saturated rings. The number of aromatic nitrogens is 3. The number of amides is 1. The quantitative estimate of drug-likeness (QED) is 0.381. The van der Waals surface area contributed by atoms with Gasteiger partial charge in [0.05, 0.1) is 6.54 Å². The summed E-state index contributed by atoms with van der Waals surface area (Å²) in [6.07, 6.45) is 1.53. The van der Waals surface area contributed by atoms with E-state index in [0.29, 0.717) is 23.2 Å². The van der Waals surface area contributed by atoms with Crippen molar-refractivity contribution in [2.24, 2.45) is 0 Å². The SMILES string of the molecule is CC(C)c1ccc(OCc2ccc(C(=O)Nc3ncn(Cc4ccccc4Cl)n3)o2)cc1. The van der Waals surface area contributed by atoms with Crippen LogP contribution in [0, 0.1) is 0 Å². The second-order valence-corrected chi connectivity index (χ2v) is 8.00. The average molecular weight is 451 g/mol. The summed E-state index contributed by atoms with van der Waals surface area (Å²) in [5.74, 6) is 1.65. The monoisotopic (exact) mass is 450 g/mol. The number of nitrogens with one attached hydrogen (secondary N) is 1. The number of nitrogens with zero attached hydrogens (tertiary/aromatic N) is 3. The number of anilines is 1. The summed E-state index contributed by atoms with van der Waals surface area (Å²) in [6.45, 7) is 4.95. The number of hydrogen-bond acceptors (Lipinski definition) is 5. The smallest absolute Gasteiger partial charge is 0.293 e. The van der Waals surface area contributed by atoms with Crippen molar-refractivity contribution in [3.63, 3.8) is 0 Å². The molecule has 0 spiro atoms. The molecule has 0 unspecified atom stereocenters. The Kier molecular flexibility index (Phi) is 6.56. The van der Waals surface area contributed by atoms with E-state index in [1.54, 1.807) is 16.8 Å². The van der Waals surface area contributed by atoms with Gasteiger partial charge < -0.3 is 9.15 Å². The van der Waals surface area contributed by atoms with Crippen molar-refractivity contribution in [2.75, 3.05) is 5.32 Å². The predicted octanol–water partition coefficient (Wildman–Crippen LogP) is 5.53. The van der Waals surface area contributed by atoms with Crippen molar-refractivity contribution in [1.82, 2.24) is 14.8 Å². The van der Waals surface area contributed by atoms with Crippen molar-refractivity contribution >= 4 is 23.5 Å². The van der Waals surface area contributed by atoms with E-state index < -0.39 is 5.91 Å². The highest BCUT2D eigenvalue weighted by Crippen LogP contribution is 2.20. The zero-order chi connectivity index (χ0) is 22.5. The summed E-state index contributed by atoms with van der Waals surface area (Å²) in [4.78, 5) is 16.6. The number of carbonyl (C=O) groups excluding carboxylic acids is 1. The first-order valence-corrected chi connectivity index (χ1v) is 10.6. The lowest BCUT2D eigenvalue weighted by molar-refractivity contribution is 0.0991. The van der Waals surface area contributed by atoms with E-state index in [4.69, 9.17) is 20.8 Å². The molecule has 0 aliphatic heterocycles. The zero-order valence-electron chi connectivity index (χ0n) is 17.8. The Labute approximate surface area is 191 Å². The fourth-order valence-corrected chi connectivity index (χ4v) is 3.27. The molecule has 0 saturated carbocycles. The number of benzene rings is 2. The Balaban J connectivity index is 1.32. The topological polar surface area (TPSA) is 82.2 Å². The van der Waals surface area contributed by atoms with Crippen molar-refractivity contribution in [3.05, 3.63) is 94.7 Å². The molecule has 1 amide bonds. The molecule has 0 atom stereocenters. The minimum Gasteiger partial charge on any atom is -0.486 e. The number of rotatable bonds is 8. The Bertz CT molecular complexity index is 1200. The van der Waals surface area contributed by atoms with Crippen LogP contribution >= 0.6 is 11.6 Å². The molecule has 2 heterocycles. The van der Waals surface area contributed by atoms with Crippen LogP contribution in [0.4, 0.5) is 5.95 Å². The first-order valence-electron chi connectivity index (χ1n) is 10.2. The second kappa shape index (κ2) is 9.70. The highest BCUT2D eigenvalue weighted by Gasteiger charge is 2.14. The van der Waals surface area contributed by atoms with Crippen LogP contribution in [0.2, 0.25) is 5.02 Å². The summed E-state index contributed by atoms with van der Waals surface area (Å²) in [5, 5.41) is 7.54. The molecule has 0 aliphatic carbocycles. The lowest BCUT2D eigenvalue weighted by Crippen LogP contribution is -2.12. The van der Waals surface area contributed by atoms with E-state index in [0.717, 1.165) is 11.3 Å². The van der Waals surface area contributed by atoms with Gasteiger partial charge in [-0.2, -0.15) is 0 Å². The highest BCUT2D eigenvalue weighted by molar-refractivity contribution is 6.31. The molecule has 0 saturated heterocycles. The zero-order valence-corrected chi connectivity index (χ0v) is 18.5. The van der Waals surface area contributed by atoms with E-state index >= 15 is 0 Å². The van der Waals surface area contributed by atoms with Gasteiger partial charge in [0.1, 0.15) is 24.4 Å². The van der Waals surface area contributed by atoms with Crippen LogP contribution in [-0.2, 0) is 13.2 Å². The summed E-state index contributed by atoms with van der Waals surface area (Å²) in [6, 6.07) is 18.7. The Hall–Kier alpha value is -3.58. The summed E-state index contributed by atoms with van der Waals surface area (Å²) in [5.41, 5.74) is 2.16. The maximum absolute atomic E-state index is 12.5. The normalized spacial score (nSPS) is 11.0. The minimum absolute atomic E-state index is 0.154. The van der Waals surface area contributed by atoms with Crippen LogP contribution in [0.1, 0.15) is 47.2 Å². The molecule has 32 heavy (non-hydrogen) atoms. The van der Waals surface area contributed by atoms with Gasteiger partial charge in [0.2, 0.25) is 5.95 Å². The van der Waals surface area contributed by atoms with Crippen LogP contribution in [0.25, 0.3) is 0 Å². The molecule has 1 N–H and O–H groups in total. The molecule has 164 valence electrons. The molecular formula is C24H23ClN4O3. The van der Waals surface area contributed by atoms with Crippen LogP contribution in [-0.4, -0.2) is 20.7 Å². The van der Waals surface area contributed by atoms with Crippen LogP contribution in [0.5, 0.6) is 5.75 Å². The van der Waals surface area contributed by atoms with Crippen LogP contribution in [0.3, 0.4) is 0 Å². The van der Waals surface area contributed by atoms with Gasteiger partial charge in [0.15, 0.2) is 5.76 Å². The van der Waals surface area contributed by atoms with Crippen molar-refractivity contribution in [3.8, 4) is 5.75 Å². The second-order valence-electron chi connectivity index (χ2n) is 7.59. The minimum atomic E-state index is -0.437. The maximum Gasteiger partial charge on any atom is 0.293 e. The van der Waals surface area contributed by atoms with Gasteiger partial charge in [-0.1, -0.05) is 55.8 Å². The Morgan fingerprint density at radius 2 is 1.91 bits per heavy atom. The number of carbonyl (C=O) groups is 1. The fourth-order valence-electron chi connectivity index (χ4n) is 3.07. The van der Waals surface area contributed by atoms with E-state index in [1.807, 2.05) is 48.5 Å². The Morgan fingerprint density at radius 3 is 2.66 bits per heavy atom. The summed E-state index contributed by atoms with van der Waals surface area (Å²) < 4.78 is 12.9. The van der Waals surface area contributed by atoms with Gasteiger partial charge in [-0.15, -0.1) is 5.10 Å². The molecule has 4 rings (SSSR count). The van der Waals surface area contributed by atoms with E-state index in [9.17, 15) is 4.79 Å². The van der Waals surface area contributed by atoms with E-state index in [1.165, 1.54) is 11.9 Å². The lowest BCUT2D eigenvalue weighted by atomic mass is 10.0. The molecular weight excluding hydrogens is 428 g/mol. The average Bonchev–Trinajstić information content (AvgIpc) is 3.44. The summed E-state index contributed by atoms with van der Waals surface area (Å²) in [7, 11) is 0. The summed E-state index contributed by atoms with van der Waals surface area (Å²) >= 11 is 6.18. The van der Waals surface area contributed by atoms with Gasteiger partial charge in [0, 0.05) is 5.02 Å². The van der Waals surface area contributed by atoms with E-state index in [2.05, 4.69) is 29.2 Å². The van der Waals surface area contributed by atoms with Gasteiger partial charge >= 0.3 is 0 Å². The number of furan rings is 1. The molecule has 2 aromatic heterocycles. The first-order chi connectivity index (χ1) is 15.5. The largest absolute Gasteiger partial charge is 0.486 e. The van der Waals surface area contributed by atoms with Crippen LogP contribution in [0.15, 0.2) is 71.4 Å². The van der Waals surface area contributed by atoms with Crippen LogP contribution < -0.4 is 10.1 Å². The van der Waals surface area contributed by atoms with E-state index in [-0.39, 0.29) is 18.3 Å². The molecule has 0 bridgehead atoms. The highest BCUT2D eigenvalue weighted by atomic mass is 35.5. The molecule has 4 aromatic rings. The molecule has 8 heteroatoms. The molecule has 0 aliphatic rings. The standard InChI is InChI=1S/C24H23ClN4O3/c1-16(2)17-7-9-19(10-8-17)31-14-20-11-12-22(32-20)23(30)27-24-26-15-29(28-24)13-18-5-3-4-6-21(18)25/h3-12,15-16H,13-14H2,1-2H3,(H,27,28,30). The van der Waals surface area contributed by atoms with Crippen molar-refractivity contribution in [1.29, 1.82) is 0 Å². The Morgan fingerprint density at radius 1 is 1.12 bits per heavy atom. The van der Waals surface area contributed by atoms with Crippen molar-refractivity contribution in [2.45, 2.75) is 32.9 Å². The van der Waals surface area contributed by atoms with Gasteiger partial charge in [0.25, 0.3) is 5.91 Å². The third kappa shape index (κ3) is 5.36. The number of hydrogen-bond donors (Lipinski definition) is 1. The number of halogens is 1. The first kappa shape index (κ1) is 21.6. The molecule has 0 radical (unpaired) electrons. The van der Waals surface area contributed by atoms with Crippen molar-refractivity contribution < 1.29 is 13.9 Å². The van der Waals surface area contributed by atoms with Gasteiger partial charge in [-0.25, -0.2) is 9.67 Å². The third-order valence-corrected chi connectivity index (χ3v) is 5.23. The lowest BCUT2D eigenvalue weighted by Gasteiger charge is -2.07. The van der Waals surface area contributed by atoms with Gasteiger partial charge in [-0.3, -0.25) is 10.1 Å². The predicted molar refractivity (Wildman–Crippen MR) is 122 cm³/mol. The van der Waals surface area contributed by atoms with Gasteiger partial charge in [-0.05, 0) is 47.4 Å². The number of ether oxygens (including phenoxy) is 1. The third-order valence-electron chi connectivity index (χ3n) is 4.87. The fraction of sp³-hybridized carbons (Fsp3) is 0.208. The molecule has 2 aromatic carbocycles. The molecule has 7 nitrogen and oxygen atoms in total. The maximum atomic E-state index is 12.5.